The summed E-state index contributed by atoms with van der Waals surface area (Å²) in [6.07, 6.45) is -0.742. The van der Waals surface area contributed by atoms with E-state index in [4.69, 9.17) is 32.7 Å². The third-order valence-corrected chi connectivity index (χ3v) is 4.19. The molecule has 5 nitrogen and oxygen atoms in total. The molecule has 25 heavy (non-hydrogen) atoms. The summed E-state index contributed by atoms with van der Waals surface area (Å²) in [4.78, 5) is 12.9. The Morgan fingerprint density at radius 2 is 1.76 bits per heavy atom. The van der Waals surface area contributed by atoms with E-state index < -0.39 is 6.10 Å². The molecule has 1 atom stereocenters. The fraction of sp³-hybridized carbons (Fsp3) is 0.278. The lowest BCUT2D eigenvalue weighted by Crippen LogP contribution is -2.22. The van der Waals surface area contributed by atoms with Crippen LogP contribution in [0.3, 0.4) is 0 Å². The number of ketones is 1. The van der Waals surface area contributed by atoms with Gasteiger partial charge in [-0.25, -0.2) is 0 Å². The smallest absolute Gasteiger partial charge is 0.195 e. The summed E-state index contributed by atoms with van der Waals surface area (Å²) in [7, 11) is 3.01. The highest BCUT2D eigenvalue weighted by Crippen LogP contribution is 2.34. The minimum absolute atomic E-state index is 0.0841. The molecule has 2 N–H and O–H groups in total. The fourth-order valence-corrected chi connectivity index (χ4v) is 2.49. The minimum Gasteiger partial charge on any atom is -0.493 e. The van der Waals surface area contributed by atoms with E-state index in [0.29, 0.717) is 33.3 Å². The van der Waals surface area contributed by atoms with Crippen LogP contribution >= 0.6 is 23.2 Å². The second kappa shape index (κ2) is 8.94. The molecular formula is C18H19Cl2NO4. The van der Waals surface area contributed by atoms with Gasteiger partial charge in [-0.2, -0.15) is 0 Å². The molecule has 0 aliphatic carbocycles. The average Bonchev–Trinajstić information content (AvgIpc) is 2.65. The Bertz CT molecular complexity index is 735. The van der Waals surface area contributed by atoms with Gasteiger partial charge in [-0.05, 0) is 30.3 Å². The Morgan fingerprint density at radius 1 is 1.16 bits per heavy atom. The molecule has 0 aromatic heterocycles. The number of carbonyl (C=O) groups is 1. The fourth-order valence-electron chi connectivity index (χ4n) is 2.25. The molecule has 2 rings (SSSR count). The lowest BCUT2D eigenvalue weighted by atomic mass is 10.0. The number of carbonyl (C=O) groups excluding carboxylic acids is 1. The third-order valence-electron chi connectivity index (χ3n) is 3.58. The van der Waals surface area contributed by atoms with Crippen molar-refractivity contribution in [3.8, 4) is 11.5 Å². The van der Waals surface area contributed by atoms with Crippen molar-refractivity contribution < 1.29 is 19.4 Å². The maximum Gasteiger partial charge on any atom is 0.195 e. The van der Waals surface area contributed by atoms with Gasteiger partial charge in [-0.3, -0.25) is 4.79 Å². The summed E-state index contributed by atoms with van der Waals surface area (Å²) < 4.78 is 10.6. The molecule has 0 aliphatic rings. The topological polar surface area (TPSA) is 67.8 Å². The molecule has 0 spiro atoms. The van der Waals surface area contributed by atoms with Crippen LogP contribution in [0.1, 0.15) is 15.9 Å². The molecule has 0 fully saturated rings. The normalized spacial score (nSPS) is 11.7. The van der Waals surface area contributed by atoms with Gasteiger partial charge in [0.2, 0.25) is 0 Å². The molecule has 1 unspecified atom stereocenters. The third kappa shape index (κ3) is 4.78. The van der Waals surface area contributed by atoms with Gasteiger partial charge in [-0.1, -0.05) is 11.6 Å². The Labute approximate surface area is 156 Å². The SMILES string of the molecule is COc1cc(NCC(O)CCl)c(C(=O)c2ccc(Cl)cc2)cc1OC. The molecule has 0 saturated heterocycles. The van der Waals surface area contributed by atoms with E-state index in [-0.39, 0.29) is 18.2 Å². The molecule has 7 heteroatoms. The van der Waals surface area contributed by atoms with Crippen LogP contribution in [0.25, 0.3) is 0 Å². The summed E-state index contributed by atoms with van der Waals surface area (Å²) >= 11 is 11.5. The zero-order chi connectivity index (χ0) is 18.4. The molecule has 0 amide bonds. The van der Waals surface area contributed by atoms with Gasteiger partial charge in [0, 0.05) is 34.4 Å². The van der Waals surface area contributed by atoms with Crippen molar-refractivity contribution in [2.45, 2.75) is 6.10 Å². The van der Waals surface area contributed by atoms with Gasteiger partial charge in [0.1, 0.15) is 0 Å². The van der Waals surface area contributed by atoms with E-state index in [1.165, 1.54) is 14.2 Å². The number of anilines is 1. The van der Waals surface area contributed by atoms with Crippen molar-refractivity contribution in [2.75, 3.05) is 32.0 Å². The number of benzene rings is 2. The summed E-state index contributed by atoms with van der Waals surface area (Å²) in [6.45, 7) is 0.194. The van der Waals surface area contributed by atoms with Crippen molar-refractivity contribution >= 4 is 34.7 Å². The Kier molecular flexibility index (Phi) is 6.93. The predicted octanol–water partition coefficient (Wildman–Crippen LogP) is 3.60. The van der Waals surface area contributed by atoms with E-state index in [1.54, 1.807) is 36.4 Å². The van der Waals surface area contributed by atoms with Gasteiger partial charge >= 0.3 is 0 Å². The lowest BCUT2D eigenvalue weighted by Gasteiger charge is -2.17. The zero-order valence-electron chi connectivity index (χ0n) is 13.9. The summed E-state index contributed by atoms with van der Waals surface area (Å²) in [5.74, 6) is 0.780. The van der Waals surface area contributed by atoms with E-state index in [0.717, 1.165) is 0 Å². The first-order valence-corrected chi connectivity index (χ1v) is 8.45. The number of ether oxygens (including phenoxy) is 2. The summed E-state index contributed by atoms with van der Waals surface area (Å²) in [5.41, 5.74) is 1.39. The maximum atomic E-state index is 12.9. The van der Waals surface area contributed by atoms with Gasteiger partial charge < -0.3 is 19.9 Å². The first-order chi connectivity index (χ1) is 12.0. The molecule has 0 radical (unpaired) electrons. The number of hydrogen-bond acceptors (Lipinski definition) is 5. The Hall–Kier alpha value is -1.95. The van der Waals surface area contributed by atoms with Crippen LogP contribution in [0.4, 0.5) is 5.69 Å². The van der Waals surface area contributed by atoms with Crippen molar-refractivity contribution in [3.63, 3.8) is 0 Å². The van der Waals surface area contributed by atoms with E-state index in [9.17, 15) is 9.90 Å². The number of halogens is 2. The van der Waals surface area contributed by atoms with Gasteiger partial charge in [0.15, 0.2) is 17.3 Å². The van der Waals surface area contributed by atoms with E-state index in [1.807, 2.05) is 0 Å². The highest BCUT2D eigenvalue weighted by molar-refractivity contribution is 6.30. The van der Waals surface area contributed by atoms with Crippen LogP contribution in [-0.2, 0) is 0 Å². The number of rotatable bonds is 8. The molecule has 0 aliphatic heterocycles. The van der Waals surface area contributed by atoms with Crippen LogP contribution in [0.5, 0.6) is 11.5 Å². The van der Waals surface area contributed by atoms with Crippen LogP contribution < -0.4 is 14.8 Å². The number of aliphatic hydroxyl groups excluding tert-OH is 1. The van der Waals surface area contributed by atoms with Gasteiger partial charge in [0.05, 0.1) is 26.2 Å². The zero-order valence-corrected chi connectivity index (χ0v) is 15.4. The monoisotopic (exact) mass is 383 g/mol. The largest absolute Gasteiger partial charge is 0.493 e. The molecule has 0 heterocycles. The van der Waals surface area contributed by atoms with Crippen LogP contribution in [0.15, 0.2) is 36.4 Å². The van der Waals surface area contributed by atoms with Gasteiger partial charge in [0.25, 0.3) is 0 Å². The summed E-state index contributed by atoms with van der Waals surface area (Å²) in [6, 6.07) is 9.87. The first kappa shape index (κ1) is 19.4. The summed E-state index contributed by atoms with van der Waals surface area (Å²) in [5, 5.41) is 13.3. The molecule has 0 saturated carbocycles. The Morgan fingerprint density at radius 3 is 2.32 bits per heavy atom. The molecule has 2 aromatic carbocycles. The quantitative estimate of drug-likeness (QED) is 0.538. The first-order valence-electron chi connectivity index (χ1n) is 7.54. The number of aliphatic hydroxyl groups is 1. The average molecular weight is 384 g/mol. The van der Waals surface area contributed by atoms with Crippen LogP contribution in [0.2, 0.25) is 5.02 Å². The van der Waals surface area contributed by atoms with E-state index in [2.05, 4.69) is 5.32 Å². The number of nitrogens with one attached hydrogen (secondary N) is 1. The second-order valence-corrected chi connectivity index (χ2v) is 6.02. The highest BCUT2D eigenvalue weighted by atomic mass is 35.5. The van der Waals surface area contributed by atoms with Crippen molar-refractivity contribution in [2.24, 2.45) is 0 Å². The Balaban J connectivity index is 2.44. The number of hydrogen-bond donors (Lipinski definition) is 2. The lowest BCUT2D eigenvalue weighted by molar-refractivity contribution is 0.103. The maximum absolute atomic E-state index is 12.9. The number of alkyl halides is 1. The minimum atomic E-state index is -0.742. The molecule has 2 aromatic rings. The molecule has 0 bridgehead atoms. The van der Waals surface area contributed by atoms with Gasteiger partial charge in [-0.15, -0.1) is 11.6 Å². The van der Waals surface area contributed by atoms with Crippen LogP contribution in [0, 0.1) is 0 Å². The highest BCUT2D eigenvalue weighted by Gasteiger charge is 2.19. The van der Waals surface area contributed by atoms with Crippen LogP contribution in [-0.4, -0.2) is 43.6 Å². The standard InChI is InChI=1S/C18H19Cl2NO4/c1-24-16-7-14(18(23)11-3-5-12(20)6-4-11)15(8-17(16)25-2)21-10-13(22)9-19/h3-8,13,21-22H,9-10H2,1-2H3. The molecular weight excluding hydrogens is 365 g/mol. The van der Waals surface area contributed by atoms with Crippen molar-refractivity contribution in [3.05, 3.63) is 52.5 Å². The second-order valence-electron chi connectivity index (χ2n) is 5.28. The van der Waals surface area contributed by atoms with Crippen molar-refractivity contribution in [1.29, 1.82) is 0 Å². The van der Waals surface area contributed by atoms with Crippen molar-refractivity contribution in [1.82, 2.24) is 0 Å². The number of methoxy groups -OCH3 is 2. The predicted molar refractivity (Wildman–Crippen MR) is 99.6 cm³/mol. The van der Waals surface area contributed by atoms with E-state index >= 15 is 0 Å². The molecule has 134 valence electrons.